The summed E-state index contributed by atoms with van der Waals surface area (Å²) in [6.07, 6.45) is 1.09. The van der Waals surface area contributed by atoms with E-state index < -0.39 is 0 Å². The highest BCUT2D eigenvalue weighted by Gasteiger charge is 2.27. The van der Waals surface area contributed by atoms with E-state index in [0.29, 0.717) is 5.75 Å². The molecule has 0 aliphatic carbocycles. The van der Waals surface area contributed by atoms with Crippen molar-refractivity contribution in [2.24, 2.45) is 12.5 Å². The van der Waals surface area contributed by atoms with Crippen molar-refractivity contribution < 1.29 is 9.53 Å². The number of carbonyl (C=O) groups excluding carboxylic acids is 1. The molecule has 0 bridgehead atoms. The lowest BCUT2D eigenvalue weighted by atomic mass is 9.72. The monoisotopic (exact) mass is 371 g/mol. The summed E-state index contributed by atoms with van der Waals surface area (Å²) in [4.78, 5) is 12.2. The number of aryl methyl sites for hydroxylation is 2. The standard InChI is InChI=1S/C22H33N3O2/c1-15-20(16(2)25(8)24-15)23-19(26)13-27-18-11-9-17(10-12-18)22(6,7)14-21(3,4)5/h9-12H,13-14H2,1-8H3,(H,23,26). The maximum absolute atomic E-state index is 12.2. The third-order valence-corrected chi connectivity index (χ3v) is 4.75. The summed E-state index contributed by atoms with van der Waals surface area (Å²) in [6, 6.07) is 8.06. The van der Waals surface area contributed by atoms with E-state index in [1.54, 1.807) is 4.68 Å². The molecule has 0 radical (unpaired) electrons. The summed E-state index contributed by atoms with van der Waals surface area (Å²) in [6.45, 7) is 15.1. The molecule has 1 amide bonds. The van der Waals surface area contributed by atoms with Gasteiger partial charge in [-0.05, 0) is 48.8 Å². The van der Waals surface area contributed by atoms with E-state index in [0.717, 1.165) is 23.5 Å². The molecule has 2 aromatic rings. The molecule has 1 aromatic heterocycles. The lowest BCUT2D eigenvalue weighted by Gasteiger charge is -2.33. The normalized spacial score (nSPS) is 12.1. The molecule has 5 heteroatoms. The van der Waals surface area contributed by atoms with Crippen LogP contribution >= 0.6 is 0 Å². The van der Waals surface area contributed by atoms with Gasteiger partial charge in [-0.15, -0.1) is 0 Å². The quantitative estimate of drug-likeness (QED) is 0.796. The largest absolute Gasteiger partial charge is 0.484 e. The van der Waals surface area contributed by atoms with E-state index in [2.05, 4.69) is 57.2 Å². The zero-order valence-corrected chi connectivity index (χ0v) is 17.9. The van der Waals surface area contributed by atoms with Crippen LogP contribution in [-0.4, -0.2) is 22.3 Å². The van der Waals surface area contributed by atoms with Crippen molar-refractivity contribution in [2.75, 3.05) is 11.9 Å². The minimum Gasteiger partial charge on any atom is -0.484 e. The van der Waals surface area contributed by atoms with E-state index in [1.165, 1.54) is 5.56 Å². The highest BCUT2D eigenvalue weighted by atomic mass is 16.5. The lowest BCUT2D eigenvalue weighted by Crippen LogP contribution is -2.24. The Bertz CT molecular complexity index is 796. The fraction of sp³-hybridized carbons (Fsp3) is 0.545. The van der Waals surface area contributed by atoms with Gasteiger partial charge < -0.3 is 10.1 Å². The van der Waals surface area contributed by atoms with Gasteiger partial charge in [0.2, 0.25) is 0 Å². The molecule has 0 atom stereocenters. The average Bonchev–Trinajstić information content (AvgIpc) is 2.77. The highest BCUT2D eigenvalue weighted by Crippen LogP contribution is 2.36. The van der Waals surface area contributed by atoms with Crippen molar-refractivity contribution in [3.05, 3.63) is 41.2 Å². The number of benzene rings is 1. The number of carbonyl (C=O) groups is 1. The van der Waals surface area contributed by atoms with Crippen LogP contribution in [0.3, 0.4) is 0 Å². The van der Waals surface area contributed by atoms with Gasteiger partial charge in [-0.25, -0.2) is 0 Å². The molecule has 0 saturated heterocycles. The van der Waals surface area contributed by atoms with E-state index in [-0.39, 0.29) is 23.3 Å². The maximum atomic E-state index is 12.2. The Morgan fingerprint density at radius 3 is 2.19 bits per heavy atom. The van der Waals surface area contributed by atoms with Crippen molar-refractivity contribution >= 4 is 11.6 Å². The Kier molecular flexibility index (Phi) is 6.03. The van der Waals surface area contributed by atoms with E-state index in [4.69, 9.17) is 4.74 Å². The van der Waals surface area contributed by atoms with Crippen molar-refractivity contribution in [3.8, 4) is 5.75 Å². The van der Waals surface area contributed by atoms with E-state index in [1.807, 2.05) is 33.0 Å². The number of nitrogens with zero attached hydrogens (tertiary/aromatic N) is 2. The van der Waals surface area contributed by atoms with E-state index >= 15 is 0 Å². The number of anilines is 1. The number of nitrogens with one attached hydrogen (secondary N) is 1. The Labute approximate surface area is 163 Å². The number of aromatic nitrogens is 2. The Balaban J connectivity index is 1.96. The fourth-order valence-electron chi connectivity index (χ4n) is 3.71. The molecular weight excluding hydrogens is 338 g/mol. The Hall–Kier alpha value is -2.30. The van der Waals surface area contributed by atoms with Gasteiger partial charge in [0.05, 0.1) is 17.1 Å². The lowest BCUT2D eigenvalue weighted by molar-refractivity contribution is -0.118. The van der Waals surface area contributed by atoms with Gasteiger partial charge in [0.1, 0.15) is 5.75 Å². The molecule has 0 saturated carbocycles. The molecule has 1 heterocycles. The zero-order valence-electron chi connectivity index (χ0n) is 17.9. The van der Waals surface area contributed by atoms with Crippen LogP contribution in [0.2, 0.25) is 0 Å². The van der Waals surface area contributed by atoms with Crippen molar-refractivity contribution in [2.45, 2.75) is 60.3 Å². The number of hydrogen-bond acceptors (Lipinski definition) is 3. The van der Waals surface area contributed by atoms with Crippen LogP contribution < -0.4 is 10.1 Å². The summed E-state index contributed by atoms with van der Waals surface area (Å²) in [5.41, 5.74) is 4.10. The number of amides is 1. The number of hydrogen-bond donors (Lipinski definition) is 1. The molecule has 0 spiro atoms. The van der Waals surface area contributed by atoms with Crippen LogP contribution in [0, 0.1) is 19.3 Å². The van der Waals surface area contributed by atoms with Gasteiger partial charge in [0.15, 0.2) is 6.61 Å². The topological polar surface area (TPSA) is 56.2 Å². The van der Waals surface area contributed by atoms with Crippen molar-refractivity contribution in [3.63, 3.8) is 0 Å². The summed E-state index contributed by atoms with van der Waals surface area (Å²) in [5, 5.41) is 7.18. The van der Waals surface area contributed by atoms with Crippen LogP contribution in [0.25, 0.3) is 0 Å². The fourth-order valence-corrected chi connectivity index (χ4v) is 3.71. The SMILES string of the molecule is Cc1nn(C)c(C)c1NC(=O)COc1ccc(C(C)(C)CC(C)(C)C)cc1. The van der Waals surface area contributed by atoms with Crippen LogP contribution in [0.15, 0.2) is 24.3 Å². The number of rotatable bonds is 6. The van der Waals surface area contributed by atoms with Gasteiger partial charge in [0, 0.05) is 7.05 Å². The molecule has 0 aliphatic heterocycles. The summed E-state index contributed by atoms with van der Waals surface area (Å²) in [7, 11) is 1.86. The maximum Gasteiger partial charge on any atom is 0.262 e. The third kappa shape index (κ3) is 5.59. The predicted molar refractivity (Wildman–Crippen MR) is 110 cm³/mol. The summed E-state index contributed by atoms with van der Waals surface area (Å²) in [5.74, 6) is 0.506. The average molecular weight is 372 g/mol. The third-order valence-electron chi connectivity index (χ3n) is 4.75. The molecule has 0 aliphatic rings. The first-order chi connectivity index (χ1) is 12.4. The van der Waals surface area contributed by atoms with Crippen LogP contribution in [0.1, 0.15) is 58.0 Å². The van der Waals surface area contributed by atoms with Gasteiger partial charge >= 0.3 is 0 Å². The highest BCUT2D eigenvalue weighted by molar-refractivity contribution is 5.93. The van der Waals surface area contributed by atoms with Crippen LogP contribution in [0.5, 0.6) is 5.75 Å². The van der Waals surface area contributed by atoms with Crippen molar-refractivity contribution in [1.82, 2.24) is 9.78 Å². The molecule has 1 aromatic carbocycles. The Morgan fingerprint density at radius 2 is 1.70 bits per heavy atom. The summed E-state index contributed by atoms with van der Waals surface area (Å²) < 4.78 is 7.41. The Morgan fingerprint density at radius 1 is 1.11 bits per heavy atom. The second-order valence-corrected chi connectivity index (χ2v) is 9.15. The van der Waals surface area contributed by atoms with Crippen molar-refractivity contribution in [1.29, 1.82) is 0 Å². The predicted octanol–water partition coefficient (Wildman–Crippen LogP) is 4.77. The second kappa shape index (κ2) is 7.75. The van der Waals surface area contributed by atoms with Gasteiger partial charge in [-0.2, -0.15) is 5.10 Å². The molecular formula is C22H33N3O2. The van der Waals surface area contributed by atoms with Gasteiger partial charge in [-0.1, -0.05) is 46.8 Å². The molecule has 2 rings (SSSR count). The summed E-state index contributed by atoms with van der Waals surface area (Å²) >= 11 is 0. The first kappa shape index (κ1) is 21.0. The minimum atomic E-state index is -0.189. The van der Waals surface area contributed by atoms with E-state index in [9.17, 15) is 4.79 Å². The smallest absolute Gasteiger partial charge is 0.262 e. The molecule has 1 N–H and O–H groups in total. The molecule has 0 unspecified atom stereocenters. The number of ether oxygens (including phenoxy) is 1. The minimum absolute atomic E-state index is 0.0293. The second-order valence-electron chi connectivity index (χ2n) is 9.15. The van der Waals surface area contributed by atoms with Gasteiger partial charge in [0.25, 0.3) is 5.91 Å². The van der Waals surface area contributed by atoms with Gasteiger partial charge in [-0.3, -0.25) is 9.48 Å². The molecule has 5 nitrogen and oxygen atoms in total. The molecule has 0 fully saturated rings. The first-order valence-corrected chi connectivity index (χ1v) is 9.42. The first-order valence-electron chi connectivity index (χ1n) is 9.42. The zero-order chi connectivity index (χ0) is 20.4. The molecule has 148 valence electrons. The van der Waals surface area contributed by atoms with Crippen LogP contribution in [-0.2, 0) is 17.3 Å². The molecule has 27 heavy (non-hydrogen) atoms. The van der Waals surface area contributed by atoms with Crippen LogP contribution in [0.4, 0.5) is 5.69 Å².